The van der Waals surface area contributed by atoms with E-state index in [1.54, 1.807) is 30.8 Å². The third-order valence-electron chi connectivity index (χ3n) is 3.38. The van der Waals surface area contributed by atoms with Crippen molar-refractivity contribution in [2.75, 3.05) is 26.0 Å². The van der Waals surface area contributed by atoms with Gasteiger partial charge in [0.25, 0.3) is 0 Å². The standard InChI is InChI=1S/C18H28FN3O2S.HI/c1-4-20-18(21-10-6-7-17(23)24-5-2)22-12-14-8-9-16(19)11-15(14)13-25-3;/h8-9,11H,4-7,10,12-13H2,1-3H3,(H2,20,21,22);1H. The van der Waals surface area contributed by atoms with Gasteiger partial charge in [-0.1, -0.05) is 6.07 Å². The number of carbonyl (C=O) groups is 1. The zero-order valence-electron chi connectivity index (χ0n) is 15.6. The number of ether oxygens (including phenoxy) is 1. The van der Waals surface area contributed by atoms with Crippen molar-refractivity contribution in [2.45, 2.75) is 39.0 Å². The number of carbonyl (C=O) groups excluding carboxylic acids is 1. The molecule has 0 fully saturated rings. The Bertz CT molecular complexity index is 573. The second-order valence-electron chi connectivity index (χ2n) is 5.38. The fourth-order valence-electron chi connectivity index (χ4n) is 2.22. The summed E-state index contributed by atoms with van der Waals surface area (Å²) < 4.78 is 18.3. The lowest BCUT2D eigenvalue weighted by atomic mass is 10.1. The molecule has 0 aliphatic carbocycles. The summed E-state index contributed by atoms with van der Waals surface area (Å²) in [6.07, 6.45) is 3.06. The van der Waals surface area contributed by atoms with Gasteiger partial charge in [0.1, 0.15) is 5.82 Å². The summed E-state index contributed by atoms with van der Waals surface area (Å²) in [5, 5.41) is 6.38. The number of nitrogens with one attached hydrogen (secondary N) is 2. The number of halogens is 2. The van der Waals surface area contributed by atoms with E-state index < -0.39 is 0 Å². The summed E-state index contributed by atoms with van der Waals surface area (Å²) in [6.45, 7) is 6.05. The van der Waals surface area contributed by atoms with Crippen molar-refractivity contribution in [1.82, 2.24) is 10.6 Å². The third kappa shape index (κ3) is 10.2. The van der Waals surface area contributed by atoms with E-state index in [-0.39, 0.29) is 35.8 Å². The molecular weight excluding hydrogens is 468 g/mol. The van der Waals surface area contributed by atoms with Gasteiger partial charge in [0, 0.05) is 25.3 Å². The van der Waals surface area contributed by atoms with Gasteiger partial charge in [0.15, 0.2) is 5.96 Å². The van der Waals surface area contributed by atoms with E-state index in [2.05, 4.69) is 15.6 Å². The van der Waals surface area contributed by atoms with Crippen molar-refractivity contribution in [3.05, 3.63) is 35.1 Å². The van der Waals surface area contributed by atoms with E-state index in [9.17, 15) is 9.18 Å². The van der Waals surface area contributed by atoms with Gasteiger partial charge < -0.3 is 15.4 Å². The van der Waals surface area contributed by atoms with Crippen LogP contribution >= 0.6 is 35.7 Å². The quantitative estimate of drug-likeness (QED) is 0.170. The molecule has 0 aromatic heterocycles. The van der Waals surface area contributed by atoms with Crippen molar-refractivity contribution in [3.8, 4) is 0 Å². The zero-order valence-corrected chi connectivity index (χ0v) is 18.8. The fourth-order valence-corrected chi connectivity index (χ4v) is 2.80. The highest BCUT2D eigenvalue weighted by atomic mass is 127. The van der Waals surface area contributed by atoms with Crippen LogP contribution in [0.25, 0.3) is 0 Å². The zero-order chi connectivity index (χ0) is 18.5. The highest BCUT2D eigenvalue weighted by Crippen LogP contribution is 2.17. The van der Waals surface area contributed by atoms with Gasteiger partial charge in [-0.25, -0.2) is 9.38 Å². The van der Waals surface area contributed by atoms with Gasteiger partial charge in [0.2, 0.25) is 0 Å². The predicted molar refractivity (Wildman–Crippen MR) is 118 cm³/mol. The van der Waals surface area contributed by atoms with Crippen molar-refractivity contribution < 1.29 is 13.9 Å². The summed E-state index contributed by atoms with van der Waals surface area (Å²) in [4.78, 5) is 15.9. The number of nitrogens with zero attached hydrogens (tertiary/aromatic N) is 1. The number of hydrogen-bond acceptors (Lipinski definition) is 4. The number of aliphatic imine (C=N–C) groups is 1. The van der Waals surface area contributed by atoms with Gasteiger partial charge in [-0.05, 0) is 49.8 Å². The van der Waals surface area contributed by atoms with E-state index in [0.717, 1.165) is 23.4 Å². The Morgan fingerprint density at radius 2 is 2.04 bits per heavy atom. The van der Waals surface area contributed by atoms with Crippen LogP contribution in [0.1, 0.15) is 37.8 Å². The highest BCUT2D eigenvalue weighted by Gasteiger charge is 2.05. The van der Waals surface area contributed by atoms with Crippen LogP contribution in [-0.2, 0) is 21.8 Å². The highest BCUT2D eigenvalue weighted by molar-refractivity contribution is 14.0. The number of guanidine groups is 1. The molecule has 0 aliphatic heterocycles. The summed E-state index contributed by atoms with van der Waals surface area (Å²) in [5.74, 6) is 1.04. The SMILES string of the molecule is CCNC(=NCc1ccc(F)cc1CSC)NCCCC(=O)OCC.I. The first kappa shape index (κ1) is 25.0. The van der Waals surface area contributed by atoms with Crippen LogP contribution in [0, 0.1) is 5.82 Å². The Morgan fingerprint density at radius 1 is 1.27 bits per heavy atom. The lowest BCUT2D eigenvalue weighted by Crippen LogP contribution is -2.37. The minimum Gasteiger partial charge on any atom is -0.466 e. The average molecular weight is 497 g/mol. The number of thioether (sulfide) groups is 1. The van der Waals surface area contributed by atoms with Gasteiger partial charge in [-0.15, -0.1) is 24.0 Å². The van der Waals surface area contributed by atoms with Crippen LogP contribution in [0.2, 0.25) is 0 Å². The largest absolute Gasteiger partial charge is 0.466 e. The molecule has 1 rings (SSSR count). The molecule has 0 unspecified atom stereocenters. The summed E-state index contributed by atoms with van der Waals surface area (Å²) in [6, 6.07) is 4.82. The Hall–Kier alpha value is -1.03. The lowest BCUT2D eigenvalue weighted by Gasteiger charge is -2.12. The fraction of sp³-hybridized carbons (Fsp3) is 0.556. The monoisotopic (exact) mass is 497 g/mol. The van der Waals surface area contributed by atoms with E-state index in [1.807, 2.05) is 13.2 Å². The van der Waals surface area contributed by atoms with Crippen LogP contribution in [-0.4, -0.2) is 37.9 Å². The molecule has 0 heterocycles. The maximum absolute atomic E-state index is 13.4. The van der Waals surface area contributed by atoms with Gasteiger partial charge in [-0.2, -0.15) is 11.8 Å². The molecule has 0 atom stereocenters. The molecule has 0 spiro atoms. The molecule has 148 valence electrons. The minimum atomic E-state index is -0.222. The number of hydrogen-bond donors (Lipinski definition) is 2. The van der Waals surface area contributed by atoms with Gasteiger partial charge >= 0.3 is 5.97 Å². The van der Waals surface area contributed by atoms with Crippen LogP contribution in [0.15, 0.2) is 23.2 Å². The van der Waals surface area contributed by atoms with Gasteiger partial charge in [0.05, 0.1) is 13.2 Å². The average Bonchev–Trinajstić information content (AvgIpc) is 2.58. The molecular formula is C18H29FIN3O2S. The molecule has 2 N–H and O–H groups in total. The molecule has 1 aromatic rings. The first-order valence-corrected chi connectivity index (χ1v) is 9.94. The Balaban J connectivity index is 0.00000625. The van der Waals surface area contributed by atoms with Crippen molar-refractivity contribution in [2.24, 2.45) is 4.99 Å². The molecule has 0 aliphatic rings. The van der Waals surface area contributed by atoms with E-state index in [4.69, 9.17) is 4.74 Å². The van der Waals surface area contributed by atoms with Gasteiger partial charge in [-0.3, -0.25) is 4.79 Å². The molecule has 8 heteroatoms. The van der Waals surface area contributed by atoms with E-state index >= 15 is 0 Å². The summed E-state index contributed by atoms with van der Waals surface area (Å²) in [7, 11) is 0. The number of rotatable bonds is 10. The molecule has 26 heavy (non-hydrogen) atoms. The van der Waals surface area contributed by atoms with Crippen LogP contribution in [0.3, 0.4) is 0 Å². The second-order valence-corrected chi connectivity index (χ2v) is 6.24. The molecule has 0 amide bonds. The summed E-state index contributed by atoms with van der Waals surface area (Å²) >= 11 is 1.66. The topological polar surface area (TPSA) is 62.7 Å². The molecule has 0 bridgehead atoms. The van der Waals surface area contributed by atoms with Crippen LogP contribution in [0.4, 0.5) is 4.39 Å². The smallest absolute Gasteiger partial charge is 0.305 e. The maximum Gasteiger partial charge on any atom is 0.305 e. The molecule has 0 radical (unpaired) electrons. The Morgan fingerprint density at radius 3 is 2.69 bits per heavy atom. The second kappa shape index (κ2) is 15.1. The normalized spacial score (nSPS) is 10.8. The molecule has 5 nitrogen and oxygen atoms in total. The van der Waals surface area contributed by atoms with Crippen molar-refractivity contribution in [3.63, 3.8) is 0 Å². The van der Waals surface area contributed by atoms with E-state index in [0.29, 0.717) is 38.5 Å². The van der Waals surface area contributed by atoms with Crippen LogP contribution in [0.5, 0.6) is 0 Å². The van der Waals surface area contributed by atoms with E-state index in [1.165, 1.54) is 6.07 Å². The maximum atomic E-state index is 13.4. The third-order valence-corrected chi connectivity index (χ3v) is 3.98. The Labute approximate surface area is 177 Å². The van der Waals surface area contributed by atoms with Crippen LogP contribution < -0.4 is 10.6 Å². The number of benzene rings is 1. The Kier molecular flexibility index (Phi) is 14.5. The minimum absolute atomic E-state index is 0. The van der Waals surface area contributed by atoms with Crippen molar-refractivity contribution >= 4 is 47.7 Å². The molecule has 0 saturated heterocycles. The first-order chi connectivity index (χ1) is 12.1. The first-order valence-electron chi connectivity index (χ1n) is 8.54. The summed E-state index contributed by atoms with van der Waals surface area (Å²) in [5.41, 5.74) is 1.98. The lowest BCUT2D eigenvalue weighted by molar-refractivity contribution is -0.143. The molecule has 1 aromatic carbocycles. The predicted octanol–water partition coefficient (Wildman–Crippen LogP) is 3.71. The van der Waals surface area contributed by atoms with Crippen molar-refractivity contribution in [1.29, 1.82) is 0 Å². The molecule has 0 saturated carbocycles. The number of esters is 1.